The highest BCUT2D eigenvalue weighted by molar-refractivity contribution is 5.97. The number of carboxylic acids is 1. The molecule has 1 aliphatic rings. The van der Waals surface area contributed by atoms with Crippen LogP contribution >= 0.6 is 0 Å². The van der Waals surface area contributed by atoms with Crippen LogP contribution in [-0.2, 0) is 4.74 Å². The van der Waals surface area contributed by atoms with E-state index in [1.54, 1.807) is 0 Å². The molecule has 0 saturated carbocycles. The maximum atomic E-state index is 11.7. The predicted molar refractivity (Wildman–Crippen MR) is 71.1 cm³/mol. The molecule has 4 N–H and O–H groups in total. The van der Waals surface area contributed by atoms with E-state index in [1.165, 1.54) is 18.2 Å². The van der Waals surface area contributed by atoms with Crippen LogP contribution in [0.1, 0.15) is 23.2 Å². The maximum absolute atomic E-state index is 11.7. The Kier molecular flexibility index (Phi) is 4.41. The Hall–Kier alpha value is -2.28. The quantitative estimate of drug-likeness (QED) is 0.623. The number of rotatable bonds is 4. The third kappa shape index (κ3) is 3.39. The molecule has 1 fully saturated rings. The molecule has 0 aliphatic carbocycles. The summed E-state index contributed by atoms with van der Waals surface area (Å²) >= 11 is 0. The summed E-state index contributed by atoms with van der Waals surface area (Å²) in [7, 11) is 0. The Morgan fingerprint density at radius 1 is 1.40 bits per heavy atom. The number of nitrogens with one attached hydrogen (secondary N) is 2. The van der Waals surface area contributed by atoms with Crippen LogP contribution in [0.15, 0.2) is 18.2 Å². The van der Waals surface area contributed by atoms with Crippen molar-refractivity contribution in [2.24, 2.45) is 0 Å². The minimum atomic E-state index is -1.26. The van der Waals surface area contributed by atoms with Gasteiger partial charge in [-0.05, 0) is 25.0 Å². The summed E-state index contributed by atoms with van der Waals surface area (Å²) in [6, 6.07) is 3.61. The van der Waals surface area contributed by atoms with Crippen molar-refractivity contribution in [3.05, 3.63) is 23.8 Å². The standard InChI is InChI=1S/C13H16N2O5/c16-11-9(12(17)18)4-1-5-10(11)15-13(19)14-7-8-3-2-6-20-8/h1,4-5,8,16H,2-3,6-7H2,(H,17,18)(H2,14,15,19). The first-order chi connectivity index (χ1) is 9.58. The SMILES string of the molecule is O=C(NCC1CCCO1)Nc1cccc(C(=O)O)c1O. The predicted octanol–water partition coefficient (Wildman–Crippen LogP) is 1.39. The smallest absolute Gasteiger partial charge is 0.339 e. The lowest BCUT2D eigenvalue weighted by Gasteiger charge is -2.13. The van der Waals surface area contributed by atoms with Gasteiger partial charge in [-0.1, -0.05) is 6.07 Å². The lowest BCUT2D eigenvalue weighted by atomic mass is 10.1. The number of carbonyl (C=O) groups is 2. The van der Waals surface area contributed by atoms with Gasteiger partial charge in [0.2, 0.25) is 0 Å². The van der Waals surface area contributed by atoms with E-state index in [2.05, 4.69) is 10.6 Å². The van der Waals surface area contributed by atoms with E-state index in [0.717, 1.165) is 12.8 Å². The van der Waals surface area contributed by atoms with Gasteiger partial charge in [0.25, 0.3) is 0 Å². The highest BCUT2D eigenvalue weighted by atomic mass is 16.5. The first-order valence-electron chi connectivity index (χ1n) is 6.29. The Morgan fingerprint density at radius 3 is 2.85 bits per heavy atom. The van der Waals surface area contributed by atoms with Crippen molar-refractivity contribution in [1.29, 1.82) is 0 Å². The molecule has 1 aromatic carbocycles. The Bertz CT molecular complexity index is 511. The van der Waals surface area contributed by atoms with Gasteiger partial charge in [-0.3, -0.25) is 0 Å². The van der Waals surface area contributed by atoms with Crippen LogP contribution in [0.3, 0.4) is 0 Å². The number of amides is 2. The maximum Gasteiger partial charge on any atom is 0.339 e. The number of benzene rings is 1. The Labute approximate surface area is 115 Å². The molecule has 7 nitrogen and oxygen atoms in total. The fraction of sp³-hybridized carbons (Fsp3) is 0.385. The zero-order valence-corrected chi connectivity index (χ0v) is 10.8. The van der Waals surface area contributed by atoms with Gasteiger partial charge in [-0.25, -0.2) is 9.59 Å². The molecule has 7 heteroatoms. The number of carbonyl (C=O) groups excluding carboxylic acids is 1. The molecule has 2 amide bonds. The van der Waals surface area contributed by atoms with Crippen molar-refractivity contribution in [2.45, 2.75) is 18.9 Å². The molecule has 1 atom stereocenters. The molecule has 0 aromatic heterocycles. The molecule has 0 radical (unpaired) electrons. The summed E-state index contributed by atoms with van der Waals surface area (Å²) in [5.74, 6) is -1.72. The van der Waals surface area contributed by atoms with Gasteiger partial charge in [-0.15, -0.1) is 0 Å². The van der Waals surface area contributed by atoms with Crippen molar-refractivity contribution in [3.63, 3.8) is 0 Å². The van der Waals surface area contributed by atoms with Crippen LogP contribution in [-0.4, -0.2) is 41.5 Å². The first kappa shape index (κ1) is 14.1. The van der Waals surface area contributed by atoms with Gasteiger partial charge in [0.1, 0.15) is 5.56 Å². The summed E-state index contributed by atoms with van der Waals surface area (Å²) in [6.45, 7) is 1.08. The van der Waals surface area contributed by atoms with Gasteiger partial charge in [-0.2, -0.15) is 0 Å². The topological polar surface area (TPSA) is 108 Å². The Morgan fingerprint density at radius 2 is 2.20 bits per heavy atom. The van der Waals surface area contributed by atoms with Crippen molar-refractivity contribution in [2.75, 3.05) is 18.5 Å². The summed E-state index contributed by atoms with van der Waals surface area (Å²) in [4.78, 5) is 22.5. The summed E-state index contributed by atoms with van der Waals surface area (Å²) < 4.78 is 5.36. The van der Waals surface area contributed by atoms with E-state index in [9.17, 15) is 14.7 Å². The number of aromatic hydroxyl groups is 1. The summed E-state index contributed by atoms with van der Waals surface area (Å²) in [6.07, 6.45) is 1.90. The van der Waals surface area contributed by atoms with Gasteiger partial charge >= 0.3 is 12.0 Å². The lowest BCUT2D eigenvalue weighted by Crippen LogP contribution is -2.35. The number of carboxylic acid groups (broad SMARTS) is 1. The number of para-hydroxylation sites is 1. The highest BCUT2D eigenvalue weighted by Gasteiger charge is 2.17. The molecule has 108 valence electrons. The molecule has 1 heterocycles. The average molecular weight is 280 g/mol. The van der Waals surface area contributed by atoms with E-state index in [1.807, 2.05) is 0 Å². The van der Waals surface area contributed by atoms with E-state index < -0.39 is 17.7 Å². The molecule has 0 spiro atoms. The van der Waals surface area contributed by atoms with Crippen LogP contribution in [0.5, 0.6) is 5.75 Å². The molecule has 0 bridgehead atoms. The lowest BCUT2D eigenvalue weighted by molar-refractivity contribution is 0.0693. The molecule has 20 heavy (non-hydrogen) atoms. The fourth-order valence-electron chi connectivity index (χ4n) is 2.00. The number of hydrogen-bond donors (Lipinski definition) is 4. The van der Waals surface area contributed by atoms with Crippen molar-refractivity contribution >= 4 is 17.7 Å². The molecular formula is C13H16N2O5. The summed E-state index contributed by atoms with van der Waals surface area (Å²) in [5, 5.41) is 23.6. The van der Waals surface area contributed by atoms with Crippen LogP contribution in [0, 0.1) is 0 Å². The molecule has 1 aromatic rings. The van der Waals surface area contributed by atoms with Crippen LogP contribution < -0.4 is 10.6 Å². The average Bonchev–Trinajstić information content (AvgIpc) is 2.91. The monoisotopic (exact) mass is 280 g/mol. The number of hydrogen-bond acceptors (Lipinski definition) is 4. The fourth-order valence-corrected chi connectivity index (χ4v) is 2.00. The molecule has 1 aliphatic heterocycles. The van der Waals surface area contributed by atoms with E-state index in [-0.39, 0.29) is 17.4 Å². The van der Waals surface area contributed by atoms with Gasteiger partial charge in [0, 0.05) is 13.2 Å². The van der Waals surface area contributed by atoms with Crippen LogP contribution in [0.25, 0.3) is 0 Å². The minimum Gasteiger partial charge on any atom is -0.505 e. The number of urea groups is 1. The third-order valence-corrected chi connectivity index (χ3v) is 3.03. The zero-order valence-electron chi connectivity index (χ0n) is 10.8. The number of ether oxygens (including phenoxy) is 1. The first-order valence-corrected chi connectivity index (χ1v) is 6.29. The second kappa shape index (κ2) is 6.25. The van der Waals surface area contributed by atoms with Gasteiger partial charge in [0.15, 0.2) is 5.75 Å². The zero-order chi connectivity index (χ0) is 14.5. The third-order valence-electron chi connectivity index (χ3n) is 3.03. The normalized spacial score (nSPS) is 17.7. The highest BCUT2D eigenvalue weighted by Crippen LogP contribution is 2.27. The minimum absolute atomic E-state index is 0.0136. The molecule has 1 unspecified atom stereocenters. The number of anilines is 1. The largest absolute Gasteiger partial charge is 0.505 e. The van der Waals surface area contributed by atoms with E-state index >= 15 is 0 Å². The molecule has 2 rings (SSSR count). The van der Waals surface area contributed by atoms with Crippen molar-refractivity contribution < 1.29 is 24.5 Å². The second-order valence-electron chi connectivity index (χ2n) is 4.48. The van der Waals surface area contributed by atoms with Gasteiger partial charge in [0.05, 0.1) is 11.8 Å². The van der Waals surface area contributed by atoms with Crippen molar-refractivity contribution in [3.8, 4) is 5.75 Å². The van der Waals surface area contributed by atoms with Gasteiger partial charge < -0.3 is 25.6 Å². The second-order valence-corrected chi connectivity index (χ2v) is 4.48. The van der Waals surface area contributed by atoms with E-state index in [4.69, 9.17) is 9.84 Å². The Balaban J connectivity index is 1.93. The molecular weight excluding hydrogens is 264 g/mol. The van der Waals surface area contributed by atoms with Crippen LogP contribution in [0.4, 0.5) is 10.5 Å². The molecule has 1 saturated heterocycles. The van der Waals surface area contributed by atoms with Crippen molar-refractivity contribution in [1.82, 2.24) is 5.32 Å². The van der Waals surface area contributed by atoms with Crippen LogP contribution in [0.2, 0.25) is 0 Å². The number of phenols is 1. The van der Waals surface area contributed by atoms with E-state index in [0.29, 0.717) is 13.2 Å². The number of aromatic carboxylic acids is 1. The summed E-state index contributed by atoms with van der Waals surface area (Å²) in [5.41, 5.74) is -0.211.